The summed E-state index contributed by atoms with van der Waals surface area (Å²) >= 11 is 0. The van der Waals surface area contributed by atoms with Crippen LogP contribution >= 0.6 is 0 Å². The fourth-order valence-electron chi connectivity index (χ4n) is 5.55. The van der Waals surface area contributed by atoms with Gasteiger partial charge in [-0.3, -0.25) is 4.55 Å². The van der Waals surface area contributed by atoms with Crippen molar-refractivity contribution in [3.63, 3.8) is 0 Å². The molecule has 0 aromatic rings. The first-order chi connectivity index (χ1) is 18.0. The van der Waals surface area contributed by atoms with Crippen LogP contribution in [-0.4, -0.2) is 107 Å². The molecule has 1 unspecified atom stereocenters. The predicted octanol–water partition coefficient (Wildman–Crippen LogP) is 3.42. The summed E-state index contributed by atoms with van der Waals surface area (Å²) in [5.41, 5.74) is 0. The second-order valence-corrected chi connectivity index (χ2v) is 13.3. The number of aliphatic hydroxyl groups is 4. The number of rotatable bonds is 23. The van der Waals surface area contributed by atoms with Crippen LogP contribution in [0.25, 0.3) is 0 Å². The van der Waals surface area contributed by atoms with Gasteiger partial charge >= 0.3 is 0 Å². The number of nitrogens with zero attached hydrogens (tertiary/aromatic N) is 1. The first-order valence-electron chi connectivity index (χ1n) is 15.1. The van der Waals surface area contributed by atoms with Crippen molar-refractivity contribution in [2.75, 3.05) is 39.0 Å². The third-order valence-corrected chi connectivity index (χ3v) is 8.88. The molecule has 1 saturated heterocycles. The summed E-state index contributed by atoms with van der Waals surface area (Å²) in [7, 11) is -1.84. The van der Waals surface area contributed by atoms with E-state index in [0.717, 1.165) is 43.3 Å². The molecule has 1 rings (SSSR count). The van der Waals surface area contributed by atoms with Gasteiger partial charge in [-0.05, 0) is 32.1 Å². The van der Waals surface area contributed by atoms with E-state index in [2.05, 4.69) is 14.0 Å². The maximum absolute atomic E-state index is 11.2. The Kier molecular flexibility index (Phi) is 18.5. The van der Waals surface area contributed by atoms with Gasteiger partial charge in [0.1, 0.15) is 24.4 Å². The van der Waals surface area contributed by atoms with Gasteiger partial charge in [-0.1, -0.05) is 71.1 Å². The quantitative estimate of drug-likeness (QED) is 0.0716. The number of unbranched alkanes of at least 4 members (excludes halogenated alkanes) is 12. The van der Waals surface area contributed by atoms with Gasteiger partial charge in [-0.25, -0.2) is 0 Å². The molecule has 1 aliphatic rings. The second kappa shape index (κ2) is 19.7. The van der Waals surface area contributed by atoms with Crippen LogP contribution in [0.5, 0.6) is 0 Å². The average molecular weight is 569 g/mol. The lowest BCUT2D eigenvalue weighted by molar-refractivity contribution is -0.910. The number of hydrogen-bond donors (Lipinski definition) is 5. The highest BCUT2D eigenvalue weighted by atomic mass is 32.2. The van der Waals surface area contributed by atoms with E-state index in [1.54, 1.807) is 0 Å². The van der Waals surface area contributed by atoms with Gasteiger partial charge in [0.15, 0.2) is 0 Å². The molecule has 0 bridgehead atoms. The molecule has 1 heterocycles. The molecule has 0 spiro atoms. The van der Waals surface area contributed by atoms with E-state index >= 15 is 0 Å². The monoisotopic (exact) mass is 568 g/mol. The van der Waals surface area contributed by atoms with Crippen molar-refractivity contribution < 1.29 is 42.6 Å². The zero-order valence-corrected chi connectivity index (χ0v) is 24.9. The lowest BCUT2D eigenvalue weighted by atomic mass is 9.92. The lowest BCUT2D eigenvalue weighted by Gasteiger charge is -2.40. The Morgan fingerprint density at radius 1 is 0.658 bits per heavy atom. The van der Waals surface area contributed by atoms with Crippen molar-refractivity contribution in [3.05, 3.63) is 0 Å². The van der Waals surface area contributed by atoms with Crippen LogP contribution in [-0.2, 0) is 14.9 Å². The molecule has 9 nitrogen and oxygen atoms in total. The molecular formula is C28H58NO8S+. The zero-order valence-electron chi connectivity index (χ0n) is 24.1. The van der Waals surface area contributed by atoms with E-state index in [0.29, 0.717) is 19.4 Å². The molecule has 0 aromatic carbocycles. The fourth-order valence-corrected chi connectivity index (χ4v) is 6.05. The summed E-state index contributed by atoms with van der Waals surface area (Å²) < 4.78 is 37.9. The molecular weight excluding hydrogens is 510 g/mol. The summed E-state index contributed by atoms with van der Waals surface area (Å²) in [6, 6.07) is 0. The molecule has 10 heteroatoms. The van der Waals surface area contributed by atoms with Gasteiger partial charge in [0, 0.05) is 6.42 Å². The smallest absolute Gasteiger partial charge is 0.265 e. The van der Waals surface area contributed by atoms with Crippen LogP contribution in [0.4, 0.5) is 0 Å². The Balaban J connectivity index is 2.37. The van der Waals surface area contributed by atoms with Gasteiger partial charge in [0.05, 0.1) is 45.1 Å². The van der Waals surface area contributed by atoms with E-state index < -0.39 is 47.2 Å². The van der Waals surface area contributed by atoms with Crippen LogP contribution in [0, 0.1) is 0 Å². The minimum atomic E-state index is -3.98. The molecule has 0 aromatic heterocycles. The lowest BCUT2D eigenvalue weighted by Crippen LogP contribution is -2.58. The normalized spacial score (nSPS) is 25.9. The van der Waals surface area contributed by atoms with Gasteiger partial charge in [0.2, 0.25) is 0 Å². The summed E-state index contributed by atoms with van der Waals surface area (Å²) in [5.74, 6) is -0.232. The standard InChI is InChI=1S/C28H57NO8S/c1-3-4-5-6-7-8-9-10-11-12-13-15-19-29(2,21-17-22-38(34,35)36)20-16-14-18-24-26(31)28(33)27(32)25(23-30)37-24/h24-28,30-33H,3-23H2,1-2H3/p+1/t24-,25+,26-,27+,28+,29?/m0/s1. The average Bonchev–Trinajstić information content (AvgIpc) is 2.86. The van der Waals surface area contributed by atoms with Crippen molar-refractivity contribution in [2.45, 2.75) is 140 Å². The highest BCUT2D eigenvalue weighted by Crippen LogP contribution is 2.25. The highest BCUT2D eigenvalue weighted by Gasteiger charge is 2.42. The van der Waals surface area contributed by atoms with Gasteiger partial charge in [-0.15, -0.1) is 0 Å². The maximum Gasteiger partial charge on any atom is 0.265 e. The van der Waals surface area contributed by atoms with Crippen LogP contribution in [0.2, 0.25) is 0 Å². The fraction of sp³-hybridized carbons (Fsp3) is 1.00. The van der Waals surface area contributed by atoms with E-state index in [-0.39, 0.29) is 5.75 Å². The zero-order chi connectivity index (χ0) is 28.4. The molecule has 0 aliphatic carbocycles. The first kappa shape index (κ1) is 35.7. The SMILES string of the molecule is CCCCCCCCCCCCCC[N+](C)(CCCC[C@@H]1O[C@H](CO)[C@@H](O)[C@H](O)[C@H]1O)CCCS(=O)(=O)O. The van der Waals surface area contributed by atoms with E-state index in [9.17, 15) is 28.8 Å². The molecule has 1 fully saturated rings. The Hall–Kier alpha value is -0.330. The van der Waals surface area contributed by atoms with Crippen molar-refractivity contribution in [3.8, 4) is 0 Å². The van der Waals surface area contributed by atoms with Crippen LogP contribution in [0.15, 0.2) is 0 Å². The van der Waals surface area contributed by atoms with Crippen molar-refractivity contribution in [1.82, 2.24) is 0 Å². The third-order valence-electron chi connectivity index (χ3n) is 8.08. The Morgan fingerprint density at radius 3 is 1.61 bits per heavy atom. The molecule has 0 saturated carbocycles. The molecule has 1 aliphatic heterocycles. The predicted molar refractivity (Wildman–Crippen MR) is 151 cm³/mol. The van der Waals surface area contributed by atoms with Crippen molar-refractivity contribution >= 4 is 10.1 Å². The Labute approximate surface area is 231 Å². The molecule has 38 heavy (non-hydrogen) atoms. The molecule has 6 atom stereocenters. The maximum atomic E-state index is 11.2. The summed E-state index contributed by atoms with van der Waals surface area (Å²) in [5, 5.41) is 39.6. The number of ether oxygens (including phenoxy) is 1. The summed E-state index contributed by atoms with van der Waals surface area (Å²) in [6.07, 6.45) is 12.4. The highest BCUT2D eigenvalue weighted by molar-refractivity contribution is 7.85. The van der Waals surface area contributed by atoms with Gasteiger partial charge in [0.25, 0.3) is 10.1 Å². The van der Waals surface area contributed by atoms with E-state index in [4.69, 9.17) is 9.29 Å². The van der Waals surface area contributed by atoms with Gasteiger partial charge in [-0.2, -0.15) is 8.42 Å². The largest absolute Gasteiger partial charge is 0.394 e. The molecule has 0 amide bonds. The van der Waals surface area contributed by atoms with Crippen molar-refractivity contribution in [1.29, 1.82) is 0 Å². The Morgan fingerprint density at radius 2 is 1.11 bits per heavy atom. The minimum absolute atomic E-state index is 0.232. The Bertz CT molecular complexity index is 692. The number of hydrogen-bond acceptors (Lipinski definition) is 7. The molecule has 0 radical (unpaired) electrons. The molecule has 5 N–H and O–H groups in total. The second-order valence-electron chi connectivity index (χ2n) is 11.7. The van der Waals surface area contributed by atoms with Crippen molar-refractivity contribution in [2.24, 2.45) is 0 Å². The van der Waals surface area contributed by atoms with Crippen LogP contribution in [0.3, 0.4) is 0 Å². The van der Waals surface area contributed by atoms with Gasteiger partial charge < -0.3 is 29.6 Å². The number of aliphatic hydroxyl groups excluding tert-OH is 4. The first-order valence-corrected chi connectivity index (χ1v) is 16.7. The summed E-state index contributed by atoms with van der Waals surface area (Å²) in [6.45, 7) is 4.26. The topological polar surface area (TPSA) is 145 Å². The molecule has 228 valence electrons. The third kappa shape index (κ3) is 15.5. The van der Waals surface area contributed by atoms with E-state index in [1.807, 2.05) is 0 Å². The van der Waals surface area contributed by atoms with E-state index in [1.165, 1.54) is 64.2 Å². The summed E-state index contributed by atoms with van der Waals surface area (Å²) in [4.78, 5) is 0. The number of quaternary nitrogens is 1. The van der Waals surface area contributed by atoms with Crippen LogP contribution in [0.1, 0.15) is 110 Å². The van der Waals surface area contributed by atoms with Crippen LogP contribution < -0.4 is 0 Å². The minimum Gasteiger partial charge on any atom is -0.394 e.